The molecule has 4 nitrogen and oxygen atoms in total. The van der Waals surface area contributed by atoms with Gasteiger partial charge in [-0.25, -0.2) is 0 Å². The zero-order chi connectivity index (χ0) is 8.85. The van der Waals surface area contributed by atoms with Gasteiger partial charge in [-0.1, -0.05) is 0 Å². The first-order valence-electron chi connectivity index (χ1n) is 3.64. The Labute approximate surface area is 67.4 Å². The molecule has 0 radical (unpaired) electrons. The summed E-state index contributed by atoms with van der Waals surface area (Å²) in [6.07, 6.45) is 0. The molecule has 0 heterocycles. The predicted molar refractivity (Wildman–Crippen MR) is 46.6 cm³/mol. The molecule has 11 heavy (non-hydrogen) atoms. The Morgan fingerprint density at radius 3 is 2.36 bits per heavy atom. The highest BCUT2D eigenvalue weighted by atomic mass is 14.9. The Balaban J connectivity index is 4.39. The second-order valence-electron chi connectivity index (χ2n) is 2.23. The molecule has 0 aromatic rings. The van der Waals surface area contributed by atoms with E-state index in [0.717, 1.165) is 12.2 Å². The van der Waals surface area contributed by atoms with E-state index < -0.39 is 0 Å². The zero-order valence-electron chi connectivity index (χ0n) is 7.36. The minimum atomic E-state index is 0.503. The van der Waals surface area contributed by atoms with Gasteiger partial charge in [-0.2, -0.15) is 0 Å². The Kier molecular flexibility index (Phi) is 4.10. The number of nitrogens with one attached hydrogen (secondary N) is 2. The third-order valence-corrected chi connectivity index (χ3v) is 1.41. The highest BCUT2D eigenvalue weighted by Gasteiger charge is 2.04. The molecule has 0 aromatic heterocycles. The summed E-state index contributed by atoms with van der Waals surface area (Å²) in [5.74, 6) is 0.503. The van der Waals surface area contributed by atoms with Gasteiger partial charge >= 0.3 is 0 Å². The molecular weight excluding hydrogens is 140 g/mol. The molecule has 0 aromatic carbocycles. The number of allylic oxidation sites excluding steroid dienone is 1. The summed E-state index contributed by atoms with van der Waals surface area (Å²) in [4.78, 5) is 2.78. The molecule has 0 fully saturated rings. The van der Waals surface area contributed by atoms with E-state index in [1.807, 2.05) is 13.8 Å². The van der Waals surface area contributed by atoms with Crippen molar-refractivity contribution in [3.63, 3.8) is 0 Å². The third kappa shape index (κ3) is 2.93. The normalized spacial score (nSPS) is 14.3. The molecule has 0 saturated carbocycles. The first-order chi connectivity index (χ1) is 5.13. The molecule has 0 aliphatic rings. The summed E-state index contributed by atoms with van der Waals surface area (Å²) in [7, 11) is 1.74. The van der Waals surface area contributed by atoms with E-state index >= 15 is 0 Å². The molecule has 4 heteroatoms. The number of hydrogen-bond acceptors (Lipinski definition) is 2. The topological polar surface area (TPSA) is 78.0 Å². The fourth-order valence-electron chi connectivity index (χ4n) is 0.697. The minimum Gasteiger partial charge on any atom is -0.391 e. The minimum absolute atomic E-state index is 0.503. The third-order valence-electron chi connectivity index (χ3n) is 1.41. The van der Waals surface area contributed by atoms with Gasteiger partial charge < -0.3 is 11.1 Å². The molecule has 0 atom stereocenters. The SMILES string of the molecule is CCN/C(C)=C(\N)C(N)=[NH+]C. The van der Waals surface area contributed by atoms with Crippen molar-refractivity contribution in [1.29, 1.82) is 0 Å². The van der Waals surface area contributed by atoms with Crippen LogP contribution in [0.1, 0.15) is 13.8 Å². The largest absolute Gasteiger partial charge is 0.391 e. The lowest BCUT2D eigenvalue weighted by atomic mass is 10.3. The first kappa shape index (κ1) is 9.81. The van der Waals surface area contributed by atoms with Crippen molar-refractivity contribution >= 4 is 5.84 Å². The van der Waals surface area contributed by atoms with Crippen LogP contribution >= 0.6 is 0 Å². The van der Waals surface area contributed by atoms with Crippen LogP contribution in [0.3, 0.4) is 0 Å². The van der Waals surface area contributed by atoms with Crippen LogP contribution in [0.2, 0.25) is 0 Å². The van der Waals surface area contributed by atoms with Crippen LogP contribution in [0.5, 0.6) is 0 Å². The zero-order valence-corrected chi connectivity index (χ0v) is 7.36. The molecular formula is C7H17N4+. The lowest BCUT2D eigenvalue weighted by Gasteiger charge is -2.04. The van der Waals surface area contributed by atoms with E-state index in [1.54, 1.807) is 7.05 Å². The molecule has 0 rings (SSSR count). The summed E-state index contributed by atoms with van der Waals surface area (Å²) in [5.41, 5.74) is 12.7. The van der Waals surface area contributed by atoms with Crippen molar-refractivity contribution in [3.05, 3.63) is 11.4 Å². The Morgan fingerprint density at radius 2 is 2.00 bits per heavy atom. The standard InChI is InChI=1S/C7H16N4/c1-4-11-5(2)6(8)7(9)10-3/h11H,4,8H2,1-3H3,(H2,9,10)/p+1/b6-5-. The number of rotatable bonds is 3. The average molecular weight is 157 g/mol. The van der Waals surface area contributed by atoms with Gasteiger partial charge in [0.2, 0.25) is 0 Å². The summed E-state index contributed by atoms with van der Waals surface area (Å²) in [6.45, 7) is 4.75. The van der Waals surface area contributed by atoms with Crippen LogP contribution in [0, 0.1) is 0 Å². The van der Waals surface area contributed by atoms with E-state index in [-0.39, 0.29) is 0 Å². The highest BCUT2D eigenvalue weighted by Crippen LogP contribution is 1.89. The molecule has 0 unspecified atom stereocenters. The van der Waals surface area contributed by atoms with Crippen molar-refractivity contribution in [2.45, 2.75) is 13.8 Å². The second-order valence-corrected chi connectivity index (χ2v) is 2.23. The molecule has 0 spiro atoms. The van der Waals surface area contributed by atoms with Gasteiger partial charge in [-0.05, 0) is 13.8 Å². The summed E-state index contributed by atoms with van der Waals surface area (Å²) < 4.78 is 0. The van der Waals surface area contributed by atoms with Gasteiger partial charge in [0, 0.05) is 12.2 Å². The van der Waals surface area contributed by atoms with Crippen LogP contribution in [0.4, 0.5) is 0 Å². The van der Waals surface area contributed by atoms with Gasteiger partial charge in [0.15, 0.2) is 0 Å². The van der Waals surface area contributed by atoms with Gasteiger partial charge in [0.05, 0.1) is 7.05 Å². The van der Waals surface area contributed by atoms with Gasteiger partial charge in [-0.3, -0.25) is 10.7 Å². The molecule has 0 aliphatic carbocycles. The van der Waals surface area contributed by atoms with Crippen molar-refractivity contribution in [3.8, 4) is 0 Å². The predicted octanol–water partition coefficient (Wildman–Crippen LogP) is -2.15. The van der Waals surface area contributed by atoms with Crippen LogP contribution in [-0.2, 0) is 0 Å². The Bertz CT molecular complexity index is 181. The lowest BCUT2D eigenvalue weighted by Crippen LogP contribution is -2.72. The molecule has 64 valence electrons. The van der Waals surface area contributed by atoms with Gasteiger partial charge in [0.25, 0.3) is 5.84 Å². The van der Waals surface area contributed by atoms with E-state index in [2.05, 4.69) is 10.3 Å². The number of amidine groups is 1. The summed E-state index contributed by atoms with van der Waals surface area (Å²) in [5, 5.41) is 3.07. The highest BCUT2D eigenvalue weighted by molar-refractivity contribution is 5.91. The quantitative estimate of drug-likeness (QED) is 0.279. The smallest absolute Gasteiger partial charge is 0.290 e. The Morgan fingerprint density at radius 1 is 1.45 bits per heavy atom. The van der Waals surface area contributed by atoms with Crippen LogP contribution < -0.4 is 21.8 Å². The molecule has 0 saturated heterocycles. The van der Waals surface area contributed by atoms with Gasteiger partial charge in [0.1, 0.15) is 5.70 Å². The monoisotopic (exact) mass is 157 g/mol. The van der Waals surface area contributed by atoms with Crippen molar-refractivity contribution in [2.75, 3.05) is 13.6 Å². The fourth-order valence-corrected chi connectivity index (χ4v) is 0.697. The maximum Gasteiger partial charge on any atom is 0.290 e. The van der Waals surface area contributed by atoms with Crippen LogP contribution in [-0.4, -0.2) is 19.4 Å². The summed E-state index contributed by atoms with van der Waals surface area (Å²) in [6, 6.07) is 0. The number of nitrogens with two attached hydrogens (primary N) is 2. The van der Waals surface area contributed by atoms with E-state index in [9.17, 15) is 0 Å². The first-order valence-corrected chi connectivity index (χ1v) is 3.64. The lowest BCUT2D eigenvalue weighted by molar-refractivity contribution is -0.420. The molecule has 6 N–H and O–H groups in total. The average Bonchev–Trinajstić information content (AvgIpc) is 2.02. The van der Waals surface area contributed by atoms with Crippen molar-refractivity contribution in [2.24, 2.45) is 11.5 Å². The fraction of sp³-hybridized carbons (Fsp3) is 0.571. The van der Waals surface area contributed by atoms with E-state index in [1.165, 1.54) is 0 Å². The molecule has 0 bridgehead atoms. The van der Waals surface area contributed by atoms with Crippen LogP contribution in [0.25, 0.3) is 0 Å². The van der Waals surface area contributed by atoms with Crippen molar-refractivity contribution < 1.29 is 4.99 Å². The molecule has 0 amide bonds. The van der Waals surface area contributed by atoms with E-state index in [0.29, 0.717) is 11.5 Å². The maximum absolute atomic E-state index is 5.65. The maximum atomic E-state index is 5.65. The van der Waals surface area contributed by atoms with Crippen molar-refractivity contribution in [1.82, 2.24) is 5.32 Å². The second kappa shape index (κ2) is 4.60. The van der Waals surface area contributed by atoms with Gasteiger partial charge in [-0.15, -0.1) is 0 Å². The number of hydrogen-bond donors (Lipinski definition) is 4. The van der Waals surface area contributed by atoms with E-state index in [4.69, 9.17) is 11.5 Å². The molecule has 0 aliphatic heterocycles. The Hall–Kier alpha value is -1.19. The van der Waals surface area contributed by atoms with Crippen LogP contribution in [0.15, 0.2) is 11.4 Å². The summed E-state index contributed by atoms with van der Waals surface area (Å²) >= 11 is 0.